The molecule has 0 aliphatic carbocycles. The molecular formula is C16H22N4. The normalized spacial score (nSPS) is 10.4. The second kappa shape index (κ2) is 5.90. The van der Waals surface area contributed by atoms with Crippen molar-refractivity contribution in [3.8, 4) is 0 Å². The highest BCUT2D eigenvalue weighted by Gasteiger charge is 2.15. The van der Waals surface area contributed by atoms with Gasteiger partial charge in [0.05, 0.1) is 0 Å². The van der Waals surface area contributed by atoms with Gasteiger partial charge in [0.25, 0.3) is 0 Å². The van der Waals surface area contributed by atoms with E-state index in [1.165, 1.54) is 5.56 Å². The van der Waals surface area contributed by atoms with Gasteiger partial charge < -0.3 is 10.2 Å². The molecule has 0 unspecified atom stereocenters. The number of nitrogens with one attached hydrogen (secondary N) is 1. The van der Waals surface area contributed by atoms with E-state index in [2.05, 4.69) is 65.2 Å². The van der Waals surface area contributed by atoms with E-state index in [1.54, 1.807) is 0 Å². The standard InChI is InChI=1S/C16H22N4/c1-6-20(14-9-7-8-11(2)10-14)16-12(3)15(17-5)18-13(4)19-16/h7-10H,6H2,1-5H3,(H,17,18,19). The van der Waals surface area contributed by atoms with Crippen LogP contribution in [0.4, 0.5) is 17.3 Å². The van der Waals surface area contributed by atoms with Gasteiger partial charge >= 0.3 is 0 Å². The zero-order valence-corrected chi connectivity index (χ0v) is 12.9. The number of hydrogen-bond acceptors (Lipinski definition) is 4. The van der Waals surface area contributed by atoms with Crippen LogP contribution in [-0.4, -0.2) is 23.6 Å². The molecule has 2 rings (SSSR count). The minimum Gasteiger partial charge on any atom is -0.373 e. The summed E-state index contributed by atoms with van der Waals surface area (Å²) in [6.45, 7) is 9.09. The minimum atomic E-state index is 0.779. The third-order valence-electron chi connectivity index (χ3n) is 3.35. The van der Waals surface area contributed by atoms with Gasteiger partial charge in [0.2, 0.25) is 0 Å². The highest BCUT2D eigenvalue weighted by Crippen LogP contribution is 2.29. The lowest BCUT2D eigenvalue weighted by Gasteiger charge is -2.25. The molecule has 0 radical (unpaired) electrons. The molecule has 1 aromatic heterocycles. The van der Waals surface area contributed by atoms with Gasteiger partial charge in [0, 0.05) is 24.8 Å². The molecular weight excluding hydrogens is 248 g/mol. The molecule has 0 atom stereocenters. The first-order valence-electron chi connectivity index (χ1n) is 6.94. The largest absolute Gasteiger partial charge is 0.373 e. The first kappa shape index (κ1) is 14.3. The molecule has 0 saturated heterocycles. The summed E-state index contributed by atoms with van der Waals surface area (Å²) in [4.78, 5) is 11.3. The fraction of sp³-hybridized carbons (Fsp3) is 0.375. The van der Waals surface area contributed by atoms with Crippen LogP contribution >= 0.6 is 0 Å². The number of benzene rings is 1. The van der Waals surface area contributed by atoms with Crippen molar-refractivity contribution in [3.05, 3.63) is 41.2 Å². The van der Waals surface area contributed by atoms with Gasteiger partial charge in [-0.3, -0.25) is 0 Å². The summed E-state index contributed by atoms with van der Waals surface area (Å²) in [6.07, 6.45) is 0. The van der Waals surface area contributed by atoms with Gasteiger partial charge in [-0.05, 0) is 45.4 Å². The fourth-order valence-corrected chi connectivity index (χ4v) is 2.37. The Bertz CT molecular complexity index is 607. The maximum atomic E-state index is 4.63. The molecule has 4 heteroatoms. The first-order valence-corrected chi connectivity index (χ1v) is 6.94. The molecule has 0 saturated carbocycles. The van der Waals surface area contributed by atoms with Crippen LogP contribution in [0.25, 0.3) is 0 Å². The smallest absolute Gasteiger partial charge is 0.141 e. The van der Waals surface area contributed by atoms with Crippen molar-refractivity contribution in [3.63, 3.8) is 0 Å². The van der Waals surface area contributed by atoms with Crippen LogP contribution in [-0.2, 0) is 0 Å². The lowest BCUT2D eigenvalue weighted by molar-refractivity contribution is 0.937. The van der Waals surface area contributed by atoms with Gasteiger partial charge in [0.15, 0.2) is 0 Å². The van der Waals surface area contributed by atoms with Crippen LogP contribution in [0.2, 0.25) is 0 Å². The average molecular weight is 270 g/mol. The molecule has 0 aliphatic heterocycles. The van der Waals surface area contributed by atoms with Gasteiger partial charge in [-0.1, -0.05) is 12.1 Å². The van der Waals surface area contributed by atoms with E-state index in [-0.39, 0.29) is 0 Å². The van der Waals surface area contributed by atoms with E-state index in [0.717, 1.165) is 35.3 Å². The van der Waals surface area contributed by atoms with Gasteiger partial charge in [0.1, 0.15) is 17.5 Å². The molecule has 4 nitrogen and oxygen atoms in total. The van der Waals surface area contributed by atoms with Crippen molar-refractivity contribution in [1.29, 1.82) is 0 Å². The van der Waals surface area contributed by atoms with E-state index in [1.807, 2.05) is 14.0 Å². The summed E-state index contributed by atoms with van der Waals surface area (Å²) < 4.78 is 0. The number of aryl methyl sites for hydroxylation is 2. The Balaban J connectivity index is 2.55. The zero-order chi connectivity index (χ0) is 14.7. The molecule has 1 N–H and O–H groups in total. The number of nitrogens with zero attached hydrogens (tertiary/aromatic N) is 3. The van der Waals surface area contributed by atoms with Crippen molar-refractivity contribution in [2.75, 3.05) is 23.8 Å². The van der Waals surface area contributed by atoms with Crippen molar-refractivity contribution >= 4 is 17.3 Å². The van der Waals surface area contributed by atoms with Gasteiger partial charge in [-0.15, -0.1) is 0 Å². The van der Waals surface area contributed by atoms with Crippen molar-refractivity contribution < 1.29 is 0 Å². The van der Waals surface area contributed by atoms with Gasteiger partial charge in [-0.2, -0.15) is 0 Å². The van der Waals surface area contributed by atoms with Crippen molar-refractivity contribution in [2.45, 2.75) is 27.7 Å². The average Bonchev–Trinajstić information content (AvgIpc) is 2.43. The molecule has 0 aliphatic rings. The maximum absolute atomic E-state index is 4.63. The Kier molecular flexibility index (Phi) is 4.23. The van der Waals surface area contributed by atoms with Crippen LogP contribution < -0.4 is 10.2 Å². The summed E-state index contributed by atoms with van der Waals surface area (Å²) in [6, 6.07) is 8.48. The quantitative estimate of drug-likeness (QED) is 0.921. The van der Waals surface area contributed by atoms with Crippen LogP contribution in [0.15, 0.2) is 24.3 Å². The van der Waals surface area contributed by atoms with Crippen LogP contribution in [0.5, 0.6) is 0 Å². The lowest BCUT2D eigenvalue weighted by Crippen LogP contribution is -2.20. The van der Waals surface area contributed by atoms with Crippen LogP contribution in [0.1, 0.15) is 23.9 Å². The highest BCUT2D eigenvalue weighted by molar-refractivity contribution is 5.67. The molecule has 0 amide bonds. The summed E-state index contributed by atoms with van der Waals surface area (Å²) in [5, 5.41) is 3.14. The highest BCUT2D eigenvalue weighted by atomic mass is 15.2. The fourth-order valence-electron chi connectivity index (χ4n) is 2.37. The summed E-state index contributed by atoms with van der Waals surface area (Å²) in [7, 11) is 1.89. The molecule has 0 fully saturated rings. The second-order valence-corrected chi connectivity index (χ2v) is 4.90. The number of hydrogen-bond donors (Lipinski definition) is 1. The molecule has 106 valence electrons. The predicted octanol–water partition coefficient (Wildman–Crippen LogP) is 3.60. The van der Waals surface area contributed by atoms with Gasteiger partial charge in [-0.25, -0.2) is 9.97 Å². The third kappa shape index (κ3) is 2.74. The molecule has 1 heterocycles. The summed E-state index contributed by atoms with van der Waals surface area (Å²) in [5.41, 5.74) is 3.48. The van der Waals surface area contributed by atoms with Crippen LogP contribution in [0, 0.1) is 20.8 Å². The Labute approximate surface area is 120 Å². The summed E-state index contributed by atoms with van der Waals surface area (Å²) in [5.74, 6) is 2.63. The van der Waals surface area contributed by atoms with E-state index in [0.29, 0.717) is 0 Å². The number of aromatic nitrogens is 2. The number of rotatable bonds is 4. The first-order chi connectivity index (χ1) is 9.56. The molecule has 2 aromatic rings. The van der Waals surface area contributed by atoms with E-state index < -0.39 is 0 Å². The Hall–Kier alpha value is -2.10. The molecule has 1 aromatic carbocycles. The third-order valence-corrected chi connectivity index (χ3v) is 3.35. The second-order valence-electron chi connectivity index (χ2n) is 4.90. The predicted molar refractivity (Wildman–Crippen MR) is 84.9 cm³/mol. The maximum Gasteiger partial charge on any atom is 0.141 e. The van der Waals surface area contributed by atoms with E-state index in [4.69, 9.17) is 0 Å². The van der Waals surface area contributed by atoms with Crippen molar-refractivity contribution in [1.82, 2.24) is 9.97 Å². The SMILES string of the molecule is CCN(c1cccc(C)c1)c1nc(C)nc(NC)c1C. The molecule has 20 heavy (non-hydrogen) atoms. The number of anilines is 3. The summed E-state index contributed by atoms with van der Waals surface area (Å²) >= 11 is 0. The Morgan fingerprint density at radius 2 is 1.90 bits per heavy atom. The Morgan fingerprint density at radius 1 is 1.15 bits per heavy atom. The Morgan fingerprint density at radius 3 is 2.50 bits per heavy atom. The van der Waals surface area contributed by atoms with Crippen LogP contribution in [0.3, 0.4) is 0 Å². The lowest BCUT2D eigenvalue weighted by atomic mass is 10.2. The topological polar surface area (TPSA) is 41.1 Å². The zero-order valence-electron chi connectivity index (χ0n) is 12.9. The minimum absolute atomic E-state index is 0.779. The molecule has 0 bridgehead atoms. The van der Waals surface area contributed by atoms with E-state index in [9.17, 15) is 0 Å². The monoisotopic (exact) mass is 270 g/mol. The molecule has 0 spiro atoms. The van der Waals surface area contributed by atoms with E-state index >= 15 is 0 Å². The van der Waals surface area contributed by atoms with Crippen molar-refractivity contribution in [2.24, 2.45) is 0 Å².